The zero-order valence-corrected chi connectivity index (χ0v) is 12.4. The molecule has 2 heteroatoms. The molecule has 2 rings (SSSR count). The molecule has 2 N–H and O–H groups in total. The van der Waals surface area contributed by atoms with Crippen LogP contribution >= 0.6 is 0 Å². The molecule has 1 aliphatic carbocycles. The summed E-state index contributed by atoms with van der Waals surface area (Å²) in [5.41, 5.74) is 6.41. The van der Waals surface area contributed by atoms with E-state index in [9.17, 15) is 0 Å². The van der Waals surface area contributed by atoms with Crippen molar-refractivity contribution in [1.82, 2.24) is 4.90 Å². The second-order valence-electron chi connectivity index (χ2n) is 6.61. The number of nitrogens with two attached hydrogens (primary N) is 1. The molecular weight excluding hydrogens is 220 g/mol. The Labute approximate surface area is 113 Å². The third kappa shape index (κ3) is 3.48. The Bertz CT molecular complexity index is 241. The maximum atomic E-state index is 6.41. The number of hydrogen-bond acceptors (Lipinski definition) is 2. The molecule has 0 aromatic carbocycles. The van der Waals surface area contributed by atoms with Crippen LogP contribution in [-0.2, 0) is 0 Å². The summed E-state index contributed by atoms with van der Waals surface area (Å²) >= 11 is 0. The first-order valence-electron chi connectivity index (χ1n) is 8.24. The van der Waals surface area contributed by atoms with Gasteiger partial charge in [-0.05, 0) is 50.5 Å². The topological polar surface area (TPSA) is 29.3 Å². The minimum Gasteiger partial charge on any atom is -0.326 e. The van der Waals surface area contributed by atoms with Gasteiger partial charge in [-0.2, -0.15) is 0 Å². The van der Waals surface area contributed by atoms with Crippen LogP contribution in [-0.4, -0.2) is 30.1 Å². The van der Waals surface area contributed by atoms with Gasteiger partial charge in [-0.15, -0.1) is 0 Å². The molecule has 4 unspecified atom stereocenters. The van der Waals surface area contributed by atoms with E-state index in [2.05, 4.69) is 18.7 Å². The van der Waals surface area contributed by atoms with Gasteiger partial charge in [-0.25, -0.2) is 0 Å². The summed E-state index contributed by atoms with van der Waals surface area (Å²) in [6, 6.07) is 1.12. The predicted molar refractivity (Wildman–Crippen MR) is 78.6 cm³/mol. The lowest BCUT2D eigenvalue weighted by Gasteiger charge is -2.44. The van der Waals surface area contributed by atoms with Crippen molar-refractivity contribution in [2.24, 2.45) is 17.6 Å². The van der Waals surface area contributed by atoms with Crippen molar-refractivity contribution in [2.45, 2.75) is 77.3 Å². The highest BCUT2D eigenvalue weighted by Crippen LogP contribution is 2.32. The standard InChI is InChI=1S/C16H32N2/c1-3-6-14-8-9-15(17)16(11-14)18-10-5-7-13(4-2)12-18/h13-16H,3-12,17H2,1-2H3. The highest BCUT2D eigenvalue weighted by atomic mass is 15.2. The van der Waals surface area contributed by atoms with Crippen molar-refractivity contribution in [1.29, 1.82) is 0 Å². The van der Waals surface area contributed by atoms with E-state index in [-0.39, 0.29) is 0 Å². The summed E-state index contributed by atoms with van der Waals surface area (Å²) in [4.78, 5) is 2.74. The third-order valence-electron chi connectivity index (χ3n) is 5.27. The van der Waals surface area contributed by atoms with Gasteiger partial charge >= 0.3 is 0 Å². The number of nitrogens with zero attached hydrogens (tertiary/aromatic N) is 1. The van der Waals surface area contributed by atoms with Gasteiger partial charge in [0.25, 0.3) is 0 Å². The Morgan fingerprint density at radius 3 is 2.67 bits per heavy atom. The first-order chi connectivity index (χ1) is 8.74. The summed E-state index contributed by atoms with van der Waals surface area (Å²) in [5, 5.41) is 0. The molecule has 0 aromatic rings. The van der Waals surface area contributed by atoms with Gasteiger partial charge in [0.15, 0.2) is 0 Å². The summed E-state index contributed by atoms with van der Waals surface area (Å²) in [5.74, 6) is 1.87. The molecule has 1 saturated heterocycles. The SMILES string of the molecule is CCCC1CCC(N)C(N2CCCC(CC)C2)C1. The lowest BCUT2D eigenvalue weighted by Crippen LogP contribution is -2.54. The average molecular weight is 252 g/mol. The maximum Gasteiger partial charge on any atom is 0.0249 e. The lowest BCUT2D eigenvalue weighted by molar-refractivity contribution is 0.0665. The van der Waals surface area contributed by atoms with E-state index < -0.39 is 0 Å². The number of likely N-dealkylation sites (tertiary alicyclic amines) is 1. The van der Waals surface area contributed by atoms with E-state index in [4.69, 9.17) is 5.73 Å². The van der Waals surface area contributed by atoms with E-state index in [1.807, 2.05) is 0 Å². The van der Waals surface area contributed by atoms with E-state index in [1.54, 1.807) is 0 Å². The molecular formula is C16H32N2. The van der Waals surface area contributed by atoms with Crippen molar-refractivity contribution >= 4 is 0 Å². The van der Waals surface area contributed by atoms with Crippen molar-refractivity contribution in [2.75, 3.05) is 13.1 Å². The fraction of sp³-hybridized carbons (Fsp3) is 1.00. The Hall–Kier alpha value is -0.0800. The average Bonchev–Trinajstić information content (AvgIpc) is 2.41. The van der Waals surface area contributed by atoms with Crippen LogP contribution in [0, 0.1) is 11.8 Å². The van der Waals surface area contributed by atoms with Crippen LogP contribution in [0.3, 0.4) is 0 Å². The van der Waals surface area contributed by atoms with Crippen LogP contribution < -0.4 is 5.73 Å². The molecule has 0 radical (unpaired) electrons. The minimum atomic E-state index is 0.439. The summed E-state index contributed by atoms with van der Waals surface area (Å²) in [7, 11) is 0. The van der Waals surface area contributed by atoms with Crippen LogP contribution in [0.5, 0.6) is 0 Å². The van der Waals surface area contributed by atoms with Crippen LogP contribution in [0.1, 0.15) is 65.2 Å². The first-order valence-corrected chi connectivity index (χ1v) is 8.24. The van der Waals surface area contributed by atoms with Crippen molar-refractivity contribution in [3.05, 3.63) is 0 Å². The normalized spacial score (nSPS) is 38.8. The molecule has 1 saturated carbocycles. The second kappa shape index (κ2) is 6.91. The molecule has 0 bridgehead atoms. The molecule has 0 spiro atoms. The van der Waals surface area contributed by atoms with Crippen molar-refractivity contribution < 1.29 is 0 Å². The van der Waals surface area contributed by atoms with Gasteiger partial charge in [0.05, 0.1) is 0 Å². The fourth-order valence-corrected chi connectivity index (χ4v) is 4.08. The molecule has 2 fully saturated rings. The quantitative estimate of drug-likeness (QED) is 0.831. The molecule has 4 atom stereocenters. The molecule has 106 valence electrons. The number of piperidine rings is 1. The molecule has 2 nitrogen and oxygen atoms in total. The zero-order valence-electron chi connectivity index (χ0n) is 12.4. The fourth-order valence-electron chi connectivity index (χ4n) is 4.08. The van der Waals surface area contributed by atoms with E-state index in [0.717, 1.165) is 11.8 Å². The minimum absolute atomic E-state index is 0.439. The number of rotatable bonds is 4. The van der Waals surface area contributed by atoms with Crippen LogP contribution in [0.2, 0.25) is 0 Å². The summed E-state index contributed by atoms with van der Waals surface area (Å²) < 4.78 is 0. The van der Waals surface area contributed by atoms with Crippen LogP contribution in [0.4, 0.5) is 0 Å². The second-order valence-corrected chi connectivity index (χ2v) is 6.61. The molecule has 0 aromatic heterocycles. The summed E-state index contributed by atoms with van der Waals surface area (Å²) in [6.45, 7) is 7.27. The van der Waals surface area contributed by atoms with Crippen molar-refractivity contribution in [3.8, 4) is 0 Å². The van der Waals surface area contributed by atoms with Gasteiger partial charge in [0.2, 0.25) is 0 Å². The molecule has 1 aliphatic heterocycles. The third-order valence-corrected chi connectivity index (χ3v) is 5.27. The molecule has 2 aliphatic rings. The largest absolute Gasteiger partial charge is 0.326 e. The van der Waals surface area contributed by atoms with E-state index in [1.165, 1.54) is 64.5 Å². The van der Waals surface area contributed by atoms with Gasteiger partial charge in [-0.3, -0.25) is 4.90 Å². The maximum absolute atomic E-state index is 6.41. The van der Waals surface area contributed by atoms with E-state index in [0.29, 0.717) is 12.1 Å². The first kappa shape index (κ1) is 14.3. The Morgan fingerprint density at radius 1 is 1.11 bits per heavy atom. The lowest BCUT2D eigenvalue weighted by atomic mass is 9.79. The van der Waals surface area contributed by atoms with Gasteiger partial charge in [0.1, 0.15) is 0 Å². The highest BCUT2D eigenvalue weighted by molar-refractivity contribution is 4.91. The molecule has 18 heavy (non-hydrogen) atoms. The van der Waals surface area contributed by atoms with Gasteiger partial charge in [0, 0.05) is 18.6 Å². The molecule has 0 amide bonds. The van der Waals surface area contributed by atoms with Crippen molar-refractivity contribution in [3.63, 3.8) is 0 Å². The Kier molecular flexibility index (Phi) is 5.50. The van der Waals surface area contributed by atoms with Crippen LogP contribution in [0.15, 0.2) is 0 Å². The van der Waals surface area contributed by atoms with Gasteiger partial charge < -0.3 is 5.73 Å². The predicted octanol–water partition coefficient (Wildman–Crippen LogP) is 3.40. The highest BCUT2D eigenvalue weighted by Gasteiger charge is 2.33. The monoisotopic (exact) mass is 252 g/mol. The Morgan fingerprint density at radius 2 is 1.94 bits per heavy atom. The summed E-state index contributed by atoms with van der Waals surface area (Å²) in [6.07, 6.45) is 10.9. The Balaban J connectivity index is 1.92. The molecule has 1 heterocycles. The zero-order chi connectivity index (χ0) is 13.0. The van der Waals surface area contributed by atoms with Gasteiger partial charge in [-0.1, -0.05) is 33.1 Å². The number of hydrogen-bond donors (Lipinski definition) is 1. The van der Waals surface area contributed by atoms with E-state index >= 15 is 0 Å². The van der Waals surface area contributed by atoms with Crippen LogP contribution in [0.25, 0.3) is 0 Å². The smallest absolute Gasteiger partial charge is 0.0249 e.